The van der Waals surface area contributed by atoms with Gasteiger partial charge in [0.15, 0.2) is 0 Å². The average Bonchev–Trinajstić information content (AvgIpc) is 3.19. The van der Waals surface area contributed by atoms with E-state index in [1.807, 2.05) is 12.1 Å². The van der Waals surface area contributed by atoms with Crippen LogP contribution in [0.2, 0.25) is 0 Å². The van der Waals surface area contributed by atoms with E-state index in [0.29, 0.717) is 12.8 Å². The molecule has 0 atom stereocenters. The summed E-state index contributed by atoms with van der Waals surface area (Å²) in [5.74, 6) is -0.145. The van der Waals surface area contributed by atoms with Gasteiger partial charge in [-0.25, -0.2) is 0 Å². The SMILES string of the molecule is N#CC1(C(=O)Nc2ccc3c(c2)Cc2ccccc2-3)CCCC1. The van der Waals surface area contributed by atoms with Gasteiger partial charge in [0, 0.05) is 5.69 Å². The summed E-state index contributed by atoms with van der Waals surface area (Å²) in [6.45, 7) is 0. The van der Waals surface area contributed by atoms with E-state index in [0.717, 1.165) is 24.9 Å². The third kappa shape index (κ3) is 2.22. The number of nitrogens with one attached hydrogen (secondary N) is 1. The Bertz CT molecular complexity index is 826. The molecule has 0 saturated heterocycles. The maximum atomic E-state index is 12.6. The van der Waals surface area contributed by atoms with Crippen LogP contribution in [0, 0.1) is 16.7 Å². The van der Waals surface area contributed by atoms with Crippen LogP contribution < -0.4 is 5.32 Å². The molecule has 0 aromatic heterocycles. The fraction of sp³-hybridized carbons (Fsp3) is 0.300. The summed E-state index contributed by atoms with van der Waals surface area (Å²) in [6.07, 6.45) is 4.16. The quantitative estimate of drug-likeness (QED) is 0.768. The minimum absolute atomic E-state index is 0.145. The van der Waals surface area contributed by atoms with Gasteiger partial charge in [0.2, 0.25) is 5.91 Å². The minimum atomic E-state index is -0.831. The monoisotopic (exact) mass is 302 g/mol. The standard InChI is InChI=1S/C20H18N2O/c21-13-20(9-3-4-10-20)19(23)22-16-7-8-18-15(12-16)11-14-5-1-2-6-17(14)18/h1-2,5-8,12H,3-4,9-11H2,(H,22,23). The number of nitrogens with zero attached hydrogens (tertiary/aromatic N) is 1. The van der Waals surface area contributed by atoms with Gasteiger partial charge < -0.3 is 5.32 Å². The van der Waals surface area contributed by atoms with Crippen molar-refractivity contribution in [1.29, 1.82) is 5.26 Å². The molecule has 3 heteroatoms. The summed E-state index contributed by atoms with van der Waals surface area (Å²) in [6, 6.07) is 16.7. The van der Waals surface area contributed by atoms with Crippen LogP contribution in [0.5, 0.6) is 0 Å². The smallest absolute Gasteiger partial charge is 0.244 e. The molecule has 0 heterocycles. The molecule has 0 radical (unpaired) electrons. The van der Waals surface area contributed by atoms with Gasteiger partial charge in [0.25, 0.3) is 0 Å². The lowest BCUT2D eigenvalue weighted by molar-refractivity contribution is -0.122. The van der Waals surface area contributed by atoms with Gasteiger partial charge in [-0.15, -0.1) is 0 Å². The highest BCUT2D eigenvalue weighted by Gasteiger charge is 2.41. The molecule has 0 bridgehead atoms. The Morgan fingerprint density at radius 1 is 1.04 bits per heavy atom. The molecule has 1 saturated carbocycles. The number of fused-ring (bicyclic) bond motifs is 3. The third-order valence-electron chi connectivity index (χ3n) is 5.16. The Balaban J connectivity index is 1.60. The van der Waals surface area contributed by atoms with Gasteiger partial charge >= 0.3 is 0 Å². The number of hydrogen-bond donors (Lipinski definition) is 1. The summed E-state index contributed by atoms with van der Waals surface area (Å²) in [7, 11) is 0. The number of benzene rings is 2. The summed E-state index contributed by atoms with van der Waals surface area (Å²) in [5, 5.41) is 12.4. The normalized spacial score (nSPS) is 17.2. The number of hydrogen-bond acceptors (Lipinski definition) is 2. The molecule has 2 aliphatic rings. The van der Waals surface area contributed by atoms with Crippen molar-refractivity contribution < 1.29 is 4.79 Å². The Hall–Kier alpha value is -2.60. The van der Waals surface area contributed by atoms with Crippen LogP contribution in [0.1, 0.15) is 36.8 Å². The van der Waals surface area contributed by atoms with Crippen molar-refractivity contribution in [3.63, 3.8) is 0 Å². The molecule has 114 valence electrons. The summed E-state index contributed by atoms with van der Waals surface area (Å²) < 4.78 is 0. The molecule has 0 unspecified atom stereocenters. The molecular weight excluding hydrogens is 284 g/mol. The van der Waals surface area contributed by atoms with Crippen molar-refractivity contribution in [2.24, 2.45) is 5.41 Å². The lowest BCUT2D eigenvalue weighted by Gasteiger charge is -2.19. The van der Waals surface area contributed by atoms with Crippen molar-refractivity contribution in [2.45, 2.75) is 32.1 Å². The highest BCUT2D eigenvalue weighted by atomic mass is 16.2. The lowest BCUT2D eigenvalue weighted by atomic mass is 9.87. The predicted molar refractivity (Wildman–Crippen MR) is 89.8 cm³/mol. The number of amides is 1. The fourth-order valence-corrected chi connectivity index (χ4v) is 3.84. The van der Waals surface area contributed by atoms with E-state index < -0.39 is 5.41 Å². The van der Waals surface area contributed by atoms with Crippen molar-refractivity contribution in [2.75, 3.05) is 5.32 Å². The van der Waals surface area contributed by atoms with Crippen molar-refractivity contribution in [3.05, 3.63) is 53.6 Å². The zero-order valence-corrected chi connectivity index (χ0v) is 12.9. The van der Waals surface area contributed by atoms with E-state index in [1.54, 1.807) is 0 Å². The number of rotatable bonds is 2. The number of nitriles is 1. The van der Waals surface area contributed by atoms with Crippen LogP contribution >= 0.6 is 0 Å². The Labute approximate surface area is 136 Å². The molecule has 0 aliphatic heterocycles. The fourth-order valence-electron chi connectivity index (χ4n) is 3.84. The molecule has 4 rings (SSSR count). The number of anilines is 1. The molecule has 2 aromatic rings. The van der Waals surface area contributed by atoms with Gasteiger partial charge in [-0.3, -0.25) is 4.79 Å². The summed E-state index contributed by atoms with van der Waals surface area (Å²) in [5.41, 5.74) is 5.06. The number of carbonyl (C=O) groups excluding carboxylic acids is 1. The maximum Gasteiger partial charge on any atom is 0.244 e. The van der Waals surface area contributed by atoms with Crippen LogP contribution in [0.25, 0.3) is 11.1 Å². The van der Waals surface area contributed by atoms with Crippen molar-refractivity contribution in [1.82, 2.24) is 0 Å². The van der Waals surface area contributed by atoms with E-state index >= 15 is 0 Å². The second-order valence-corrected chi connectivity index (χ2v) is 6.56. The average molecular weight is 302 g/mol. The molecule has 2 aromatic carbocycles. The van der Waals surface area contributed by atoms with Gasteiger partial charge in [-0.05, 0) is 53.6 Å². The molecule has 3 nitrogen and oxygen atoms in total. The molecule has 23 heavy (non-hydrogen) atoms. The highest BCUT2D eigenvalue weighted by molar-refractivity contribution is 5.98. The first-order valence-corrected chi connectivity index (χ1v) is 8.16. The van der Waals surface area contributed by atoms with Crippen molar-refractivity contribution in [3.8, 4) is 17.2 Å². The van der Waals surface area contributed by atoms with Crippen LogP contribution in [0.3, 0.4) is 0 Å². The Morgan fingerprint density at radius 3 is 2.57 bits per heavy atom. The van der Waals surface area contributed by atoms with Crippen LogP contribution in [-0.2, 0) is 11.2 Å². The van der Waals surface area contributed by atoms with E-state index in [9.17, 15) is 10.1 Å². The van der Waals surface area contributed by atoms with Crippen molar-refractivity contribution >= 4 is 11.6 Å². The molecular formula is C20H18N2O. The first-order valence-electron chi connectivity index (χ1n) is 8.16. The topological polar surface area (TPSA) is 52.9 Å². The maximum absolute atomic E-state index is 12.6. The largest absolute Gasteiger partial charge is 0.325 e. The minimum Gasteiger partial charge on any atom is -0.325 e. The zero-order valence-electron chi connectivity index (χ0n) is 12.9. The van der Waals surface area contributed by atoms with Gasteiger partial charge in [0.05, 0.1) is 6.07 Å². The van der Waals surface area contributed by atoms with Gasteiger partial charge in [-0.2, -0.15) is 5.26 Å². The van der Waals surface area contributed by atoms with E-state index in [2.05, 4.69) is 41.7 Å². The second kappa shape index (κ2) is 5.24. The molecule has 1 N–H and O–H groups in total. The first kappa shape index (κ1) is 14.0. The number of carbonyl (C=O) groups is 1. The van der Waals surface area contributed by atoms with Crippen LogP contribution in [0.4, 0.5) is 5.69 Å². The molecule has 1 fully saturated rings. The van der Waals surface area contributed by atoms with Gasteiger partial charge in [-0.1, -0.05) is 43.2 Å². The zero-order chi connectivity index (χ0) is 15.9. The first-order chi connectivity index (χ1) is 11.2. The Kier molecular flexibility index (Phi) is 3.20. The lowest BCUT2D eigenvalue weighted by Crippen LogP contribution is -2.32. The van der Waals surface area contributed by atoms with Gasteiger partial charge in [0.1, 0.15) is 5.41 Å². The molecule has 1 amide bonds. The van der Waals surface area contributed by atoms with Crippen LogP contribution in [-0.4, -0.2) is 5.91 Å². The Morgan fingerprint density at radius 2 is 1.78 bits per heavy atom. The summed E-state index contributed by atoms with van der Waals surface area (Å²) >= 11 is 0. The van der Waals surface area contributed by atoms with E-state index in [-0.39, 0.29) is 5.91 Å². The van der Waals surface area contributed by atoms with E-state index in [1.165, 1.54) is 22.3 Å². The van der Waals surface area contributed by atoms with E-state index in [4.69, 9.17) is 0 Å². The highest BCUT2D eigenvalue weighted by Crippen LogP contribution is 2.40. The molecule has 2 aliphatic carbocycles. The molecule has 0 spiro atoms. The van der Waals surface area contributed by atoms with Crippen LogP contribution in [0.15, 0.2) is 42.5 Å². The predicted octanol–water partition coefficient (Wildman–Crippen LogP) is 4.28. The third-order valence-corrected chi connectivity index (χ3v) is 5.16. The second-order valence-electron chi connectivity index (χ2n) is 6.56. The summed E-state index contributed by atoms with van der Waals surface area (Å²) in [4.78, 5) is 12.6.